The van der Waals surface area contributed by atoms with E-state index >= 15 is 0 Å². The predicted molar refractivity (Wildman–Crippen MR) is 91.4 cm³/mol. The van der Waals surface area contributed by atoms with Crippen molar-refractivity contribution in [2.24, 2.45) is 5.73 Å². The van der Waals surface area contributed by atoms with Gasteiger partial charge in [0.25, 0.3) is 0 Å². The monoisotopic (exact) mass is 352 g/mol. The Labute approximate surface area is 150 Å². The molecule has 0 saturated heterocycles. The number of nitriles is 1. The molecule has 0 aromatic heterocycles. The van der Waals surface area contributed by atoms with Gasteiger partial charge in [-0.05, 0) is 23.8 Å². The van der Waals surface area contributed by atoms with Crippen LogP contribution in [0.3, 0.4) is 0 Å². The standard InChI is InChI=1S/C19H16N2O5/c1-22-11-3-4-12-14(7-11)26-19(21)13(8-20)17(12)10-5-15(23-2)18-16(6-10)24-9-25-18/h3-7,17H,9,21H2,1-2H3. The minimum absolute atomic E-state index is 0.0647. The summed E-state index contributed by atoms with van der Waals surface area (Å²) in [7, 11) is 3.13. The number of nitrogens with two attached hydrogens (primary N) is 1. The van der Waals surface area contributed by atoms with Gasteiger partial charge in [0.05, 0.1) is 20.1 Å². The van der Waals surface area contributed by atoms with E-state index in [1.807, 2.05) is 24.3 Å². The smallest absolute Gasteiger partial charge is 0.231 e. The number of hydrogen-bond acceptors (Lipinski definition) is 7. The highest BCUT2D eigenvalue weighted by Crippen LogP contribution is 2.48. The molecule has 26 heavy (non-hydrogen) atoms. The fourth-order valence-corrected chi connectivity index (χ4v) is 3.22. The SMILES string of the molecule is COc1ccc2c(c1)OC(N)=C(C#N)C2c1cc(OC)c2c(c1)OCO2. The molecule has 0 spiro atoms. The van der Waals surface area contributed by atoms with Gasteiger partial charge >= 0.3 is 0 Å². The average Bonchev–Trinajstić information content (AvgIpc) is 3.14. The maximum atomic E-state index is 9.66. The highest BCUT2D eigenvalue weighted by molar-refractivity contribution is 5.62. The number of allylic oxidation sites excluding steroid dienone is 1. The molecule has 2 N–H and O–H groups in total. The Bertz CT molecular complexity index is 961. The van der Waals surface area contributed by atoms with Crippen LogP contribution in [0, 0.1) is 11.3 Å². The molecule has 2 aromatic carbocycles. The zero-order valence-corrected chi connectivity index (χ0v) is 14.2. The van der Waals surface area contributed by atoms with Crippen molar-refractivity contribution in [1.82, 2.24) is 0 Å². The minimum atomic E-state index is -0.418. The van der Waals surface area contributed by atoms with Crippen molar-refractivity contribution >= 4 is 0 Å². The lowest BCUT2D eigenvalue weighted by molar-refractivity contribution is 0.171. The maximum absolute atomic E-state index is 9.66. The quantitative estimate of drug-likeness (QED) is 0.907. The van der Waals surface area contributed by atoms with Crippen molar-refractivity contribution < 1.29 is 23.7 Å². The molecule has 0 saturated carbocycles. The van der Waals surface area contributed by atoms with Gasteiger partial charge in [-0.15, -0.1) is 0 Å². The van der Waals surface area contributed by atoms with E-state index in [-0.39, 0.29) is 12.7 Å². The van der Waals surface area contributed by atoms with E-state index in [1.54, 1.807) is 20.3 Å². The first-order chi connectivity index (χ1) is 12.7. The van der Waals surface area contributed by atoms with Gasteiger partial charge in [-0.1, -0.05) is 6.07 Å². The zero-order chi connectivity index (χ0) is 18.3. The van der Waals surface area contributed by atoms with Gasteiger partial charge in [0.15, 0.2) is 11.5 Å². The summed E-state index contributed by atoms with van der Waals surface area (Å²) < 4.78 is 27.3. The third-order valence-corrected chi connectivity index (χ3v) is 4.44. The summed E-state index contributed by atoms with van der Waals surface area (Å²) in [5.74, 6) is 2.48. The summed E-state index contributed by atoms with van der Waals surface area (Å²) in [6.07, 6.45) is 0. The van der Waals surface area contributed by atoms with Crippen LogP contribution in [0.25, 0.3) is 0 Å². The third kappa shape index (κ3) is 2.35. The molecule has 7 heteroatoms. The van der Waals surface area contributed by atoms with Gasteiger partial charge < -0.3 is 29.4 Å². The summed E-state index contributed by atoms with van der Waals surface area (Å²) >= 11 is 0. The van der Waals surface area contributed by atoms with E-state index in [9.17, 15) is 5.26 Å². The van der Waals surface area contributed by atoms with E-state index in [4.69, 9.17) is 29.4 Å². The van der Waals surface area contributed by atoms with Crippen LogP contribution in [0.2, 0.25) is 0 Å². The van der Waals surface area contributed by atoms with Crippen molar-refractivity contribution in [2.75, 3.05) is 21.0 Å². The molecule has 0 radical (unpaired) electrons. The molecule has 2 heterocycles. The largest absolute Gasteiger partial charge is 0.497 e. The molecule has 132 valence electrons. The van der Waals surface area contributed by atoms with E-state index in [0.717, 1.165) is 11.1 Å². The molecule has 0 fully saturated rings. The van der Waals surface area contributed by atoms with Crippen molar-refractivity contribution in [3.05, 3.63) is 52.9 Å². The fraction of sp³-hybridized carbons (Fsp3) is 0.211. The van der Waals surface area contributed by atoms with Gasteiger partial charge in [0, 0.05) is 11.6 Å². The van der Waals surface area contributed by atoms with Crippen molar-refractivity contribution in [2.45, 2.75) is 5.92 Å². The minimum Gasteiger partial charge on any atom is -0.497 e. The summed E-state index contributed by atoms with van der Waals surface area (Å²) in [6, 6.07) is 11.2. The predicted octanol–water partition coefficient (Wildman–Crippen LogP) is 2.65. The Hall–Kier alpha value is -3.53. The number of benzene rings is 2. The maximum Gasteiger partial charge on any atom is 0.231 e. The highest BCUT2D eigenvalue weighted by atomic mass is 16.7. The average molecular weight is 352 g/mol. The lowest BCUT2D eigenvalue weighted by atomic mass is 9.83. The highest BCUT2D eigenvalue weighted by Gasteiger charge is 2.33. The molecular weight excluding hydrogens is 336 g/mol. The molecule has 0 aliphatic carbocycles. The summed E-state index contributed by atoms with van der Waals surface area (Å²) in [5.41, 5.74) is 7.93. The van der Waals surface area contributed by atoms with Gasteiger partial charge in [-0.3, -0.25) is 0 Å². The molecule has 1 unspecified atom stereocenters. The van der Waals surface area contributed by atoms with Crippen LogP contribution < -0.4 is 29.4 Å². The van der Waals surface area contributed by atoms with Crippen LogP contribution >= 0.6 is 0 Å². The van der Waals surface area contributed by atoms with Crippen molar-refractivity contribution in [3.8, 4) is 34.8 Å². The van der Waals surface area contributed by atoms with E-state index in [2.05, 4.69) is 6.07 Å². The first-order valence-corrected chi connectivity index (χ1v) is 7.89. The molecule has 2 aliphatic rings. The van der Waals surface area contributed by atoms with E-state index in [1.165, 1.54) is 0 Å². The summed E-state index contributed by atoms with van der Waals surface area (Å²) in [5, 5.41) is 9.66. The Morgan fingerprint density at radius 3 is 2.69 bits per heavy atom. The Balaban J connectivity index is 1.92. The topological polar surface area (TPSA) is 96.0 Å². The molecule has 0 bridgehead atoms. The number of methoxy groups -OCH3 is 2. The van der Waals surface area contributed by atoms with Crippen molar-refractivity contribution in [3.63, 3.8) is 0 Å². The van der Waals surface area contributed by atoms with Gasteiger partial charge in [0.2, 0.25) is 18.4 Å². The molecule has 2 aromatic rings. The fourth-order valence-electron chi connectivity index (χ4n) is 3.22. The van der Waals surface area contributed by atoms with Crippen LogP contribution in [0.4, 0.5) is 0 Å². The normalized spacial score (nSPS) is 17.2. The Morgan fingerprint density at radius 2 is 1.96 bits per heavy atom. The number of fused-ring (bicyclic) bond motifs is 2. The number of rotatable bonds is 3. The summed E-state index contributed by atoms with van der Waals surface area (Å²) in [4.78, 5) is 0. The lowest BCUT2D eigenvalue weighted by Gasteiger charge is -2.27. The first kappa shape index (κ1) is 16.0. The second-order valence-corrected chi connectivity index (χ2v) is 5.79. The van der Waals surface area contributed by atoms with Gasteiger partial charge in [-0.25, -0.2) is 0 Å². The van der Waals surface area contributed by atoms with Crippen LogP contribution in [-0.2, 0) is 0 Å². The molecule has 4 rings (SSSR count). The van der Waals surface area contributed by atoms with Crippen LogP contribution in [-0.4, -0.2) is 21.0 Å². The number of nitrogens with zero attached hydrogens (tertiary/aromatic N) is 1. The molecular formula is C19H16N2O5. The van der Waals surface area contributed by atoms with Crippen LogP contribution in [0.15, 0.2) is 41.8 Å². The molecule has 2 aliphatic heterocycles. The second kappa shape index (κ2) is 6.08. The molecule has 1 atom stereocenters. The summed E-state index contributed by atoms with van der Waals surface area (Å²) in [6.45, 7) is 0.125. The number of ether oxygens (including phenoxy) is 5. The van der Waals surface area contributed by atoms with Crippen molar-refractivity contribution in [1.29, 1.82) is 5.26 Å². The molecule has 7 nitrogen and oxygen atoms in total. The third-order valence-electron chi connectivity index (χ3n) is 4.44. The first-order valence-electron chi connectivity index (χ1n) is 7.89. The lowest BCUT2D eigenvalue weighted by Crippen LogP contribution is -2.21. The van der Waals surface area contributed by atoms with Crippen LogP contribution in [0.1, 0.15) is 17.0 Å². The number of hydrogen-bond donors (Lipinski definition) is 1. The zero-order valence-electron chi connectivity index (χ0n) is 14.2. The van der Waals surface area contributed by atoms with Gasteiger partial charge in [0.1, 0.15) is 23.1 Å². The molecule has 0 amide bonds. The van der Waals surface area contributed by atoms with E-state index < -0.39 is 5.92 Å². The second-order valence-electron chi connectivity index (χ2n) is 5.79. The Morgan fingerprint density at radius 1 is 1.12 bits per heavy atom. The van der Waals surface area contributed by atoms with Crippen LogP contribution in [0.5, 0.6) is 28.7 Å². The van der Waals surface area contributed by atoms with E-state index in [0.29, 0.717) is 34.3 Å². The Kier molecular flexibility index (Phi) is 3.73. The van der Waals surface area contributed by atoms with Gasteiger partial charge in [-0.2, -0.15) is 5.26 Å².